The summed E-state index contributed by atoms with van der Waals surface area (Å²) in [6.07, 6.45) is 0. The second kappa shape index (κ2) is 7.06. The summed E-state index contributed by atoms with van der Waals surface area (Å²) >= 11 is 0. The molecule has 0 aliphatic carbocycles. The molecule has 1 aliphatic heterocycles. The average molecular weight is 318 g/mol. The highest BCUT2D eigenvalue weighted by Crippen LogP contribution is 2.32. The normalized spacial score (nSPS) is 17.0. The van der Waals surface area contributed by atoms with Gasteiger partial charge in [0.05, 0.1) is 13.2 Å². The van der Waals surface area contributed by atoms with E-state index < -0.39 is 11.6 Å². The van der Waals surface area contributed by atoms with Crippen molar-refractivity contribution < 1.29 is 13.5 Å². The number of methoxy groups -OCH3 is 1. The fourth-order valence-corrected chi connectivity index (χ4v) is 3.04. The molecule has 1 heterocycles. The Bertz CT molecular complexity index is 655. The molecule has 1 aliphatic rings. The van der Waals surface area contributed by atoms with E-state index in [1.54, 1.807) is 13.2 Å². The predicted octanol–water partition coefficient (Wildman–Crippen LogP) is 2.97. The Balaban J connectivity index is 2.01. The molecule has 0 saturated carbocycles. The topological polar surface area (TPSA) is 24.5 Å². The Morgan fingerprint density at radius 3 is 2.35 bits per heavy atom. The first-order chi connectivity index (χ1) is 11.2. The zero-order valence-corrected chi connectivity index (χ0v) is 13.1. The van der Waals surface area contributed by atoms with Crippen LogP contribution in [0.3, 0.4) is 0 Å². The van der Waals surface area contributed by atoms with Gasteiger partial charge in [-0.1, -0.05) is 18.2 Å². The number of ether oxygens (including phenoxy) is 1. The Morgan fingerprint density at radius 1 is 1.04 bits per heavy atom. The second-order valence-electron chi connectivity index (χ2n) is 5.63. The fourth-order valence-electron chi connectivity index (χ4n) is 3.04. The fraction of sp³-hybridized carbons (Fsp3) is 0.333. The maximum absolute atomic E-state index is 14.4. The Kier molecular flexibility index (Phi) is 4.88. The van der Waals surface area contributed by atoms with Gasteiger partial charge in [0.2, 0.25) is 0 Å². The van der Waals surface area contributed by atoms with Crippen LogP contribution in [0.25, 0.3) is 0 Å². The van der Waals surface area contributed by atoms with E-state index in [0.717, 1.165) is 43.6 Å². The van der Waals surface area contributed by atoms with E-state index in [1.165, 1.54) is 6.07 Å². The SMILES string of the molecule is COc1ccc(C(c2ccc(F)cc2F)N2CCNCC2)cc1. The van der Waals surface area contributed by atoms with Crippen molar-refractivity contribution in [3.05, 3.63) is 65.2 Å². The zero-order chi connectivity index (χ0) is 16.2. The third-order valence-corrected chi connectivity index (χ3v) is 4.21. The molecule has 0 radical (unpaired) electrons. The summed E-state index contributed by atoms with van der Waals surface area (Å²) in [6.45, 7) is 3.34. The molecular formula is C18H20F2N2O. The molecule has 0 bridgehead atoms. The maximum Gasteiger partial charge on any atom is 0.131 e. The maximum atomic E-state index is 14.4. The first-order valence-electron chi connectivity index (χ1n) is 7.72. The minimum absolute atomic E-state index is 0.233. The number of hydrogen-bond acceptors (Lipinski definition) is 3. The molecule has 3 rings (SSSR count). The van der Waals surface area contributed by atoms with Gasteiger partial charge in [-0.15, -0.1) is 0 Å². The first kappa shape index (κ1) is 15.9. The zero-order valence-electron chi connectivity index (χ0n) is 13.1. The minimum Gasteiger partial charge on any atom is -0.497 e. The Morgan fingerprint density at radius 2 is 1.74 bits per heavy atom. The summed E-state index contributed by atoms with van der Waals surface area (Å²) in [5, 5.41) is 3.30. The lowest BCUT2D eigenvalue weighted by Crippen LogP contribution is -2.45. The van der Waals surface area contributed by atoms with Gasteiger partial charge in [-0.25, -0.2) is 8.78 Å². The van der Waals surface area contributed by atoms with Crippen LogP contribution >= 0.6 is 0 Å². The molecule has 0 spiro atoms. The van der Waals surface area contributed by atoms with E-state index in [4.69, 9.17) is 4.74 Å². The summed E-state index contributed by atoms with van der Waals surface area (Å²) in [5.41, 5.74) is 1.47. The van der Waals surface area contributed by atoms with Crippen molar-refractivity contribution in [2.45, 2.75) is 6.04 Å². The number of nitrogens with zero attached hydrogens (tertiary/aromatic N) is 1. The summed E-state index contributed by atoms with van der Waals surface area (Å²) < 4.78 is 32.8. The Labute approximate surface area is 134 Å². The molecule has 5 heteroatoms. The average Bonchev–Trinajstić information content (AvgIpc) is 2.59. The number of nitrogens with one attached hydrogen (secondary N) is 1. The molecule has 3 nitrogen and oxygen atoms in total. The lowest BCUT2D eigenvalue weighted by Gasteiger charge is -2.35. The molecule has 1 unspecified atom stereocenters. The molecule has 1 fully saturated rings. The van der Waals surface area contributed by atoms with Crippen molar-refractivity contribution in [3.8, 4) is 5.75 Å². The molecule has 1 saturated heterocycles. The highest BCUT2D eigenvalue weighted by atomic mass is 19.1. The van der Waals surface area contributed by atoms with Gasteiger partial charge in [-0.05, 0) is 23.8 Å². The van der Waals surface area contributed by atoms with Crippen LogP contribution in [-0.4, -0.2) is 38.2 Å². The lowest BCUT2D eigenvalue weighted by molar-refractivity contribution is 0.195. The Hall–Kier alpha value is -1.98. The predicted molar refractivity (Wildman–Crippen MR) is 85.6 cm³/mol. The first-order valence-corrected chi connectivity index (χ1v) is 7.72. The standard InChI is InChI=1S/C18H20F2N2O/c1-23-15-5-2-13(3-6-15)18(22-10-8-21-9-11-22)16-7-4-14(19)12-17(16)20/h2-7,12,18,21H,8-11H2,1H3. The van der Waals surface area contributed by atoms with E-state index in [1.807, 2.05) is 24.3 Å². The van der Waals surface area contributed by atoms with Gasteiger partial charge in [-0.3, -0.25) is 4.90 Å². The van der Waals surface area contributed by atoms with Crippen LogP contribution in [0.4, 0.5) is 8.78 Å². The summed E-state index contributed by atoms with van der Waals surface area (Å²) in [4.78, 5) is 2.22. The van der Waals surface area contributed by atoms with Gasteiger partial charge in [0.15, 0.2) is 0 Å². The smallest absolute Gasteiger partial charge is 0.131 e. The van der Waals surface area contributed by atoms with Crippen molar-refractivity contribution in [1.82, 2.24) is 10.2 Å². The third kappa shape index (κ3) is 3.51. The number of halogens is 2. The van der Waals surface area contributed by atoms with Crippen LogP contribution in [0.1, 0.15) is 17.2 Å². The van der Waals surface area contributed by atoms with Crippen molar-refractivity contribution in [1.29, 1.82) is 0 Å². The molecular weight excluding hydrogens is 298 g/mol. The van der Waals surface area contributed by atoms with E-state index in [9.17, 15) is 8.78 Å². The molecule has 23 heavy (non-hydrogen) atoms. The number of piperazine rings is 1. The summed E-state index contributed by atoms with van der Waals surface area (Å²) in [5.74, 6) is -0.309. The summed E-state index contributed by atoms with van der Waals surface area (Å²) in [6, 6.07) is 11.2. The highest BCUT2D eigenvalue weighted by molar-refractivity contribution is 5.36. The van der Waals surface area contributed by atoms with Crippen molar-refractivity contribution in [2.75, 3.05) is 33.3 Å². The third-order valence-electron chi connectivity index (χ3n) is 4.21. The van der Waals surface area contributed by atoms with Crippen LogP contribution in [0.5, 0.6) is 5.75 Å². The molecule has 2 aromatic rings. The second-order valence-corrected chi connectivity index (χ2v) is 5.63. The molecule has 0 amide bonds. The number of rotatable bonds is 4. The molecule has 2 aromatic carbocycles. The van der Waals surface area contributed by atoms with Gasteiger partial charge in [0, 0.05) is 37.8 Å². The summed E-state index contributed by atoms with van der Waals surface area (Å²) in [7, 11) is 1.61. The van der Waals surface area contributed by atoms with Crippen LogP contribution in [-0.2, 0) is 0 Å². The van der Waals surface area contributed by atoms with E-state index in [2.05, 4.69) is 10.2 Å². The number of hydrogen-bond donors (Lipinski definition) is 1. The lowest BCUT2D eigenvalue weighted by atomic mass is 9.95. The van der Waals surface area contributed by atoms with Crippen LogP contribution in [0.15, 0.2) is 42.5 Å². The van der Waals surface area contributed by atoms with E-state index >= 15 is 0 Å². The van der Waals surface area contributed by atoms with Gasteiger partial charge >= 0.3 is 0 Å². The van der Waals surface area contributed by atoms with Gasteiger partial charge in [-0.2, -0.15) is 0 Å². The highest BCUT2D eigenvalue weighted by Gasteiger charge is 2.26. The largest absolute Gasteiger partial charge is 0.497 e. The van der Waals surface area contributed by atoms with Crippen molar-refractivity contribution >= 4 is 0 Å². The monoisotopic (exact) mass is 318 g/mol. The van der Waals surface area contributed by atoms with Gasteiger partial charge in [0.1, 0.15) is 17.4 Å². The van der Waals surface area contributed by atoms with Gasteiger partial charge < -0.3 is 10.1 Å². The molecule has 1 N–H and O–H groups in total. The molecule has 122 valence electrons. The van der Waals surface area contributed by atoms with Crippen molar-refractivity contribution in [3.63, 3.8) is 0 Å². The van der Waals surface area contributed by atoms with Gasteiger partial charge in [0.25, 0.3) is 0 Å². The quantitative estimate of drug-likeness (QED) is 0.938. The van der Waals surface area contributed by atoms with Crippen LogP contribution < -0.4 is 10.1 Å². The van der Waals surface area contributed by atoms with Crippen LogP contribution in [0, 0.1) is 11.6 Å². The van der Waals surface area contributed by atoms with Crippen LogP contribution in [0.2, 0.25) is 0 Å². The number of benzene rings is 2. The molecule has 0 aromatic heterocycles. The van der Waals surface area contributed by atoms with Crippen molar-refractivity contribution in [2.24, 2.45) is 0 Å². The van der Waals surface area contributed by atoms with E-state index in [-0.39, 0.29) is 6.04 Å². The minimum atomic E-state index is -0.556. The molecule has 1 atom stereocenters. The van der Waals surface area contributed by atoms with E-state index in [0.29, 0.717) is 5.56 Å².